The predicted molar refractivity (Wildman–Crippen MR) is 91.1 cm³/mol. The molecule has 1 amide bonds. The Bertz CT molecular complexity index is 783. The lowest BCUT2D eigenvalue weighted by Crippen LogP contribution is -2.39. The molecule has 0 radical (unpaired) electrons. The van der Waals surface area contributed by atoms with E-state index in [2.05, 4.69) is 29.6 Å². The molecule has 3 heterocycles. The molecule has 2 aromatic heterocycles. The molecule has 1 fully saturated rings. The Balaban J connectivity index is 1.64. The average Bonchev–Trinajstić information content (AvgIpc) is 2.95. The van der Waals surface area contributed by atoms with Gasteiger partial charge in [-0.1, -0.05) is 0 Å². The summed E-state index contributed by atoms with van der Waals surface area (Å²) in [6.45, 7) is 2.03. The first kappa shape index (κ1) is 17.3. The van der Waals surface area contributed by atoms with Crippen LogP contribution in [-0.4, -0.2) is 67.6 Å². The van der Waals surface area contributed by atoms with Crippen LogP contribution < -0.4 is 5.56 Å². The van der Waals surface area contributed by atoms with Gasteiger partial charge in [0.05, 0.1) is 12.7 Å². The lowest BCUT2D eigenvalue weighted by Gasteiger charge is -2.31. The number of likely N-dealkylation sites (tertiary alicyclic amines) is 1. The number of nitrogens with zero attached hydrogens (tertiary/aromatic N) is 6. The van der Waals surface area contributed by atoms with Crippen LogP contribution in [0.3, 0.4) is 0 Å². The second-order valence-electron chi connectivity index (χ2n) is 6.63. The van der Waals surface area contributed by atoms with Crippen molar-refractivity contribution in [3.63, 3.8) is 0 Å². The number of aromatic amines is 1. The van der Waals surface area contributed by atoms with Crippen LogP contribution in [0.1, 0.15) is 40.9 Å². The molecule has 0 bridgehead atoms. The number of rotatable bonds is 4. The summed E-state index contributed by atoms with van der Waals surface area (Å²) in [4.78, 5) is 33.7. The Morgan fingerprint density at radius 2 is 2.04 bits per heavy atom. The normalized spacial score (nSPS) is 15.8. The van der Waals surface area contributed by atoms with Crippen molar-refractivity contribution in [2.24, 2.45) is 7.05 Å². The number of amides is 1. The van der Waals surface area contributed by atoms with E-state index in [1.165, 1.54) is 6.20 Å². The van der Waals surface area contributed by atoms with Crippen molar-refractivity contribution in [1.82, 2.24) is 34.5 Å². The van der Waals surface area contributed by atoms with Gasteiger partial charge in [-0.05, 0) is 26.9 Å². The van der Waals surface area contributed by atoms with E-state index < -0.39 is 0 Å². The lowest BCUT2D eigenvalue weighted by molar-refractivity contribution is 0.0704. The molecular weight excluding hydrogens is 322 g/mol. The number of piperidine rings is 1. The molecule has 0 aromatic carbocycles. The van der Waals surface area contributed by atoms with Gasteiger partial charge in [-0.3, -0.25) is 9.59 Å². The molecule has 2 aromatic rings. The summed E-state index contributed by atoms with van der Waals surface area (Å²) in [5, 5.41) is 8.65. The third-order valence-corrected chi connectivity index (χ3v) is 4.49. The highest BCUT2D eigenvalue weighted by atomic mass is 16.2. The Morgan fingerprint density at radius 1 is 1.32 bits per heavy atom. The Labute approximate surface area is 145 Å². The summed E-state index contributed by atoms with van der Waals surface area (Å²) in [5.41, 5.74) is -0.0453. The van der Waals surface area contributed by atoms with Crippen LogP contribution in [0.25, 0.3) is 0 Å². The van der Waals surface area contributed by atoms with Crippen molar-refractivity contribution in [3.8, 4) is 0 Å². The minimum Gasteiger partial charge on any atom is -0.337 e. The van der Waals surface area contributed by atoms with Crippen LogP contribution in [0, 0.1) is 0 Å². The minimum absolute atomic E-state index is 0.152. The first-order valence-electron chi connectivity index (χ1n) is 8.32. The van der Waals surface area contributed by atoms with Gasteiger partial charge in [0.1, 0.15) is 17.3 Å². The Morgan fingerprint density at radius 3 is 2.64 bits per heavy atom. The molecule has 1 saturated heterocycles. The van der Waals surface area contributed by atoms with E-state index in [0.29, 0.717) is 19.0 Å². The summed E-state index contributed by atoms with van der Waals surface area (Å²) >= 11 is 0. The van der Waals surface area contributed by atoms with Gasteiger partial charge in [0, 0.05) is 32.3 Å². The molecule has 1 N–H and O–H groups in total. The van der Waals surface area contributed by atoms with Crippen molar-refractivity contribution >= 4 is 5.91 Å². The largest absolute Gasteiger partial charge is 0.337 e. The van der Waals surface area contributed by atoms with Crippen molar-refractivity contribution < 1.29 is 4.79 Å². The topological polar surface area (TPSA) is 100 Å². The number of hydrogen-bond donors (Lipinski definition) is 1. The molecule has 3 rings (SSSR count). The monoisotopic (exact) mass is 345 g/mol. The maximum atomic E-state index is 12.4. The number of H-pyrrole nitrogens is 1. The summed E-state index contributed by atoms with van der Waals surface area (Å²) in [6, 6.07) is 0. The Kier molecular flexibility index (Phi) is 4.93. The highest BCUT2D eigenvalue weighted by Crippen LogP contribution is 2.27. The van der Waals surface area contributed by atoms with E-state index in [4.69, 9.17) is 0 Å². The van der Waals surface area contributed by atoms with Crippen LogP contribution in [0.15, 0.2) is 17.2 Å². The third-order valence-electron chi connectivity index (χ3n) is 4.49. The molecule has 0 spiro atoms. The van der Waals surface area contributed by atoms with E-state index in [1.807, 2.05) is 21.1 Å². The molecule has 25 heavy (non-hydrogen) atoms. The first-order valence-corrected chi connectivity index (χ1v) is 8.32. The smallest absolute Gasteiger partial charge is 0.273 e. The van der Waals surface area contributed by atoms with Crippen LogP contribution in [0.2, 0.25) is 0 Å². The lowest BCUT2D eigenvalue weighted by atomic mass is 9.95. The van der Waals surface area contributed by atoms with Crippen molar-refractivity contribution in [2.75, 3.05) is 27.2 Å². The second-order valence-corrected chi connectivity index (χ2v) is 6.63. The number of hydrogen-bond acceptors (Lipinski definition) is 6. The minimum atomic E-state index is -0.314. The highest BCUT2D eigenvalue weighted by Gasteiger charge is 2.28. The van der Waals surface area contributed by atoms with Gasteiger partial charge in [0.15, 0.2) is 0 Å². The quantitative estimate of drug-likeness (QED) is 0.836. The van der Waals surface area contributed by atoms with Crippen LogP contribution >= 0.6 is 0 Å². The fourth-order valence-electron chi connectivity index (χ4n) is 3.11. The molecule has 9 nitrogen and oxygen atoms in total. The van der Waals surface area contributed by atoms with Crippen molar-refractivity contribution in [3.05, 3.63) is 40.1 Å². The van der Waals surface area contributed by atoms with E-state index in [9.17, 15) is 9.59 Å². The van der Waals surface area contributed by atoms with Gasteiger partial charge in [-0.15, -0.1) is 10.2 Å². The first-order chi connectivity index (χ1) is 12.0. The average molecular weight is 345 g/mol. The molecule has 9 heteroatoms. The van der Waals surface area contributed by atoms with E-state index in [0.717, 1.165) is 37.2 Å². The van der Waals surface area contributed by atoms with E-state index >= 15 is 0 Å². The summed E-state index contributed by atoms with van der Waals surface area (Å²) in [7, 11) is 6.00. The standard InChI is InChI=1S/C16H23N7O2/c1-21(2)10-13-19-20-15(22(13)3)11-4-6-23(7-5-11)16(25)12-8-18-14(24)9-17-12/h8-9,11H,4-7,10H2,1-3H3,(H,18,24). The zero-order valence-corrected chi connectivity index (χ0v) is 14.8. The number of nitrogens with one attached hydrogen (secondary N) is 1. The molecule has 0 saturated carbocycles. The van der Waals surface area contributed by atoms with Crippen LogP contribution in [0.4, 0.5) is 0 Å². The number of carbonyl (C=O) groups is 1. The highest BCUT2D eigenvalue weighted by molar-refractivity contribution is 5.92. The van der Waals surface area contributed by atoms with Crippen molar-refractivity contribution in [2.45, 2.75) is 25.3 Å². The van der Waals surface area contributed by atoms with Gasteiger partial charge in [-0.2, -0.15) is 0 Å². The second kappa shape index (κ2) is 7.14. The zero-order chi connectivity index (χ0) is 18.0. The number of aromatic nitrogens is 5. The molecule has 1 aliphatic heterocycles. The number of carbonyl (C=O) groups excluding carboxylic acids is 1. The van der Waals surface area contributed by atoms with Gasteiger partial charge in [0.2, 0.25) is 0 Å². The molecule has 0 atom stereocenters. The SMILES string of the molecule is CN(C)Cc1nnc(C2CCN(C(=O)c3c[nH]c(=O)cn3)CC2)n1C. The maximum absolute atomic E-state index is 12.4. The summed E-state index contributed by atoms with van der Waals surface area (Å²) in [5.74, 6) is 2.06. The van der Waals surface area contributed by atoms with Gasteiger partial charge in [-0.25, -0.2) is 4.98 Å². The molecular formula is C16H23N7O2. The maximum Gasteiger partial charge on any atom is 0.273 e. The summed E-state index contributed by atoms with van der Waals surface area (Å²) < 4.78 is 2.06. The Hall–Kier alpha value is -2.55. The third kappa shape index (κ3) is 3.76. The molecule has 0 unspecified atom stereocenters. The fourth-order valence-corrected chi connectivity index (χ4v) is 3.11. The van der Waals surface area contributed by atoms with Gasteiger partial charge < -0.3 is 19.4 Å². The van der Waals surface area contributed by atoms with Crippen LogP contribution in [-0.2, 0) is 13.6 Å². The fraction of sp³-hybridized carbons (Fsp3) is 0.562. The predicted octanol–water partition coefficient (Wildman–Crippen LogP) is -0.0202. The van der Waals surface area contributed by atoms with Gasteiger partial charge in [0.25, 0.3) is 11.5 Å². The molecule has 0 aliphatic carbocycles. The zero-order valence-electron chi connectivity index (χ0n) is 14.8. The van der Waals surface area contributed by atoms with Gasteiger partial charge >= 0.3 is 0 Å². The van der Waals surface area contributed by atoms with E-state index in [-0.39, 0.29) is 17.2 Å². The van der Waals surface area contributed by atoms with Crippen molar-refractivity contribution in [1.29, 1.82) is 0 Å². The summed E-state index contributed by atoms with van der Waals surface area (Å²) in [6.07, 6.45) is 4.17. The molecule has 1 aliphatic rings. The molecule has 134 valence electrons. The van der Waals surface area contributed by atoms with E-state index in [1.54, 1.807) is 4.90 Å². The van der Waals surface area contributed by atoms with Crippen LogP contribution in [0.5, 0.6) is 0 Å².